The number of ether oxygens (including phenoxy) is 1. The largest absolute Gasteiger partial charge is 0.452 e. The summed E-state index contributed by atoms with van der Waals surface area (Å²) in [7, 11) is -3.90. The highest BCUT2D eigenvalue weighted by Crippen LogP contribution is 2.21. The number of hydrogen-bond acceptors (Lipinski definition) is 8. The first-order valence-electron chi connectivity index (χ1n) is 9.92. The average Bonchev–Trinajstić information content (AvgIpc) is 3.27. The number of esters is 1. The van der Waals surface area contributed by atoms with Crippen LogP contribution >= 0.6 is 0 Å². The molecule has 9 nitrogen and oxygen atoms in total. The Morgan fingerprint density at radius 3 is 2.70 bits per heavy atom. The molecule has 4 aromatic rings. The molecule has 2 aromatic carbocycles. The minimum absolute atomic E-state index is 0.0572. The Labute approximate surface area is 190 Å². The lowest BCUT2D eigenvalue weighted by Gasteiger charge is -2.11. The quantitative estimate of drug-likeness (QED) is 0.408. The average molecular weight is 465 g/mol. The van der Waals surface area contributed by atoms with Gasteiger partial charge in [0, 0.05) is 23.6 Å². The van der Waals surface area contributed by atoms with Gasteiger partial charge in [-0.25, -0.2) is 13.2 Å². The van der Waals surface area contributed by atoms with Crippen LogP contribution in [0, 0.1) is 13.8 Å². The summed E-state index contributed by atoms with van der Waals surface area (Å²) >= 11 is 0. The maximum absolute atomic E-state index is 12.8. The van der Waals surface area contributed by atoms with Gasteiger partial charge in [-0.3, -0.25) is 9.71 Å². The van der Waals surface area contributed by atoms with Gasteiger partial charge in [0.25, 0.3) is 15.9 Å². The van der Waals surface area contributed by atoms with E-state index in [2.05, 4.69) is 19.8 Å². The number of nitrogens with zero attached hydrogens (tertiary/aromatic N) is 3. The molecule has 10 heteroatoms. The molecule has 2 aromatic heterocycles. The van der Waals surface area contributed by atoms with Gasteiger partial charge in [0.2, 0.25) is 5.82 Å². The first-order valence-corrected chi connectivity index (χ1v) is 11.4. The predicted octanol–water partition coefficient (Wildman–Crippen LogP) is 3.91. The van der Waals surface area contributed by atoms with Crippen LogP contribution in [0.2, 0.25) is 0 Å². The Balaban J connectivity index is 1.48. The molecular weight excluding hydrogens is 444 g/mol. The molecule has 2 heterocycles. The molecule has 0 radical (unpaired) electrons. The summed E-state index contributed by atoms with van der Waals surface area (Å²) in [5.41, 5.74) is 2.69. The topological polar surface area (TPSA) is 124 Å². The number of rotatable bonds is 7. The summed E-state index contributed by atoms with van der Waals surface area (Å²) in [6.45, 7) is 3.29. The van der Waals surface area contributed by atoms with Gasteiger partial charge in [-0.05, 0) is 61.4 Å². The number of pyridine rings is 1. The number of hydrogen-bond donors (Lipinski definition) is 1. The molecule has 0 atom stereocenters. The van der Waals surface area contributed by atoms with Crippen LogP contribution in [0.5, 0.6) is 0 Å². The highest BCUT2D eigenvalue weighted by molar-refractivity contribution is 7.92. The van der Waals surface area contributed by atoms with Gasteiger partial charge in [-0.15, -0.1) is 0 Å². The van der Waals surface area contributed by atoms with Crippen LogP contribution in [0.1, 0.15) is 27.4 Å². The zero-order valence-corrected chi connectivity index (χ0v) is 18.7. The van der Waals surface area contributed by atoms with Crippen molar-refractivity contribution >= 4 is 21.7 Å². The number of carbonyl (C=O) groups excluding carboxylic acids is 1. The van der Waals surface area contributed by atoms with E-state index in [1.54, 1.807) is 55.7 Å². The number of benzene rings is 2. The lowest BCUT2D eigenvalue weighted by atomic mass is 10.1. The van der Waals surface area contributed by atoms with E-state index >= 15 is 0 Å². The van der Waals surface area contributed by atoms with Crippen LogP contribution < -0.4 is 4.72 Å². The molecule has 168 valence electrons. The molecule has 0 unspecified atom stereocenters. The monoisotopic (exact) mass is 464 g/mol. The lowest BCUT2D eigenvalue weighted by molar-refractivity contribution is 0.0428. The zero-order valence-electron chi connectivity index (χ0n) is 17.8. The van der Waals surface area contributed by atoms with Gasteiger partial charge in [0.05, 0.1) is 10.5 Å². The van der Waals surface area contributed by atoms with E-state index < -0.39 is 16.0 Å². The number of aromatic nitrogens is 3. The van der Waals surface area contributed by atoms with E-state index in [1.165, 1.54) is 12.1 Å². The normalized spacial score (nSPS) is 11.2. The van der Waals surface area contributed by atoms with E-state index in [4.69, 9.17) is 9.26 Å². The minimum atomic E-state index is -3.90. The van der Waals surface area contributed by atoms with E-state index in [0.717, 1.165) is 5.56 Å². The van der Waals surface area contributed by atoms with Crippen molar-refractivity contribution in [3.8, 4) is 11.4 Å². The predicted molar refractivity (Wildman–Crippen MR) is 120 cm³/mol. The van der Waals surface area contributed by atoms with Gasteiger partial charge >= 0.3 is 5.97 Å². The van der Waals surface area contributed by atoms with Gasteiger partial charge in [0.15, 0.2) is 6.61 Å². The van der Waals surface area contributed by atoms with Crippen molar-refractivity contribution in [2.24, 2.45) is 0 Å². The van der Waals surface area contributed by atoms with Crippen molar-refractivity contribution in [2.45, 2.75) is 25.3 Å². The second kappa shape index (κ2) is 9.21. The highest BCUT2D eigenvalue weighted by Gasteiger charge is 2.20. The summed E-state index contributed by atoms with van der Waals surface area (Å²) in [5, 5.41) is 3.84. The third-order valence-electron chi connectivity index (χ3n) is 4.72. The first kappa shape index (κ1) is 22.2. The molecule has 4 rings (SSSR count). The van der Waals surface area contributed by atoms with E-state index in [0.29, 0.717) is 22.6 Å². The maximum atomic E-state index is 12.8. The standard InChI is InChI=1S/C23H20N4O5S/c1-15-5-3-7-18(11-15)27-33(29,30)19-9-8-16(2)20(12-19)23(28)31-14-21-25-22(26-32-21)17-6-4-10-24-13-17/h3-13,27H,14H2,1-2H3. The van der Waals surface area contributed by atoms with Gasteiger partial charge in [-0.2, -0.15) is 4.98 Å². The Kier molecular flexibility index (Phi) is 6.18. The fraction of sp³-hybridized carbons (Fsp3) is 0.130. The van der Waals surface area contributed by atoms with Crippen molar-refractivity contribution < 1.29 is 22.5 Å². The maximum Gasteiger partial charge on any atom is 0.338 e. The van der Waals surface area contributed by atoms with Gasteiger partial charge in [-0.1, -0.05) is 23.4 Å². The summed E-state index contributed by atoms with van der Waals surface area (Å²) in [6, 6.07) is 14.8. The summed E-state index contributed by atoms with van der Waals surface area (Å²) in [4.78, 5) is 20.8. The number of carbonyl (C=O) groups is 1. The lowest BCUT2D eigenvalue weighted by Crippen LogP contribution is -2.15. The SMILES string of the molecule is Cc1cccc(NS(=O)(=O)c2ccc(C)c(C(=O)OCc3nc(-c4cccnc4)no3)c2)c1. The fourth-order valence-electron chi connectivity index (χ4n) is 3.04. The minimum Gasteiger partial charge on any atom is -0.452 e. The van der Waals surface area contributed by atoms with Gasteiger partial charge in [0.1, 0.15) is 0 Å². The number of nitrogens with one attached hydrogen (secondary N) is 1. The molecule has 0 aliphatic carbocycles. The van der Waals surface area contributed by atoms with Crippen LogP contribution in [0.3, 0.4) is 0 Å². The molecule has 0 spiro atoms. The fourth-order valence-corrected chi connectivity index (χ4v) is 4.12. The van der Waals surface area contributed by atoms with Crippen molar-refractivity contribution in [1.82, 2.24) is 15.1 Å². The Morgan fingerprint density at radius 1 is 1.09 bits per heavy atom. The molecule has 0 aliphatic heterocycles. The molecule has 0 bridgehead atoms. The zero-order chi connectivity index (χ0) is 23.4. The summed E-state index contributed by atoms with van der Waals surface area (Å²) < 4.78 is 38.5. The van der Waals surface area contributed by atoms with E-state index in [-0.39, 0.29) is 23.0 Å². The number of sulfonamides is 1. The molecule has 0 aliphatic rings. The highest BCUT2D eigenvalue weighted by atomic mass is 32.2. The molecule has 0 saturated carbocycles. The molecule has 0 fully saturated rings. The molecular formula is C23H20N4O5S. The smallest absolute Gasteiger partial charge is 0.338 e. The second-order valence-electron chi connectivity index (χ2n) is 7.28. The Morgan fingerprint density at radius 2 is 1.94 bits per heavy atom. The summed E-state index contributed by atoms with van der Waals surface area (Å²) in [6.07, 6.45) is 3.21. The molecule has 0 saturated heterocycles. The second-order valence-corrected chi connectivity index (χ2v) is 8.96. The van der Waals surface area contributed by atoms with Crippen molar-refractivity contribution in [3.05, 3.63) is 89.6 Å². The van der Waals surface area contributed by atoms with Crippen LogP contribution in [-0.4, -0.2) is 29.5 Å². The molecule has 0 amide bonds. The van der Waals surface area contributed by atoms with Crippen molar-refractivity contribution in [2.75, 3.05) is 4.72 Å². The Bertz CT molecular complexity index is 1400. The van der Waals surface area contributed by atoms with E-state index in [9.17, 15) is 13.2 Å². The van der Waals surface area contributed by atoms with Crippen LogP contribution in [0.25, 0.3) is 11.4 Å². The first-order chi connectivity index (χ1) is 15.8. The molecule has 33 heavy (non-hydrogen) atoms. The van der Waals surface area contributed by atoms with Crippen LogP contribution in [0.15, 0.2) is 76.4 Å². The van der Waals surface area contributed by atoms with Crippen molar-refractivity contribution in [3.63, 3.8) is 0 Å². The number of anilines is 1. The van der Waals surface area contributed by atoms with Crippen molar-refractivity contribution in [1.29, 1.82) is 0 Å². The Hall–Kier alpha value is -4.05. The third kappa shape index (κ3) is 5.24. The van der Waals surface area contributed by atoms with Crippen LogP contribution in [-0.2, 0) is 21.4 Å². The summed E-state index contributed by atoms with van der Waals surface area (Å²) in [5.74, 6) is -0.286. The third-order valence-corrected chi connectivity index (χ3v) is 6.10. The molecule has 1 N–H and O–H groups in total. The van der Waals surface area contributed by atoms with E-state index in [1.807, 2.05) is 13.0 Å². The number of aryl methyl sites for hydroxylation is 2. The van der Waals surface area contributed by atoms with Crippen LogP contribution in [0.4, 0.5) is 5.69 Å². The van der Waals surface area contributed by atoms with Gasteiger partial charge < -0.3 is 9.26 Å².